The van der Waals surface area contributed by atoms with E-state index in [0.717, 1.165) is 25.4 Å². The van der Waals surface area contributed by atoms with Crippen LogP contribution in [0.4, 0.5) is 0 Å². The highest BCUT2D eigenvalue weighted by molar-refractivity contribution is 6.29. The maximum absolute atomic E-state index is 5.76. The molecular weight excluding hydrogens is 172 g/mol. The SMILES string of the molecule is Clc1cc(CC2CNC2)ccn1. The molecule has 2 heterocycles. The minimum Gasteiger partial charge on any atom is -0.316 e. The number of rotatable bonds is 2. The van der Waals surface area contributed by atoms with Crippen LogP contribution in [0, 0.1) is 5.92 Å². The van der Waals surface area contributed by atoms with Gasteiger partial charge in [-0.2, -0.15) is 0 Å². The fourth-order valence-corrected chi connectivity index (χ4v) is 1.59. The maximum atomic E-state index is 5.76. The van der Waals surface area contributed by atoms with Crippen LogP contribution in [0.1, 0.15) is 5.56 Å². The summed E-state index contributed by atoms with van der Waals surface area (Å²) in [4.78, 5) is 3.94. The first kappa shape index (κ1) is 8.02. The van der Waals surface area contributed by atoms with Gasteiger partial charge in [0, 0.05) is 6.20 Å². The van der Waals surface area contributed by atoms with Gasteiger partial charge in [-0.05, 0) is 43.1 Å². The highest BCUT2D eigenvalue weighted by Crippen LogP contribution is 2.14. The van der Waals surface area contributed by atoms with E-state index in [1.54, 1.807) is 6.20 Å². The molecule has 2 nitrogen and oxygen atoms in total. The Morgan fingerprint density at radius 1 is 1.58 bits per heavy atom. The van der Waals surface area contributed by atoms with Crippen LogP contribution in [0.25, 0.3) is 0 Å². The van der Waals surface area contributed by atoms with Gasteiger partial charge in [-0.15, -0.1) is 0 Å². The number of hydrogen-bond acceptors (Lipinski definition) is 2. The van der Waals surface area contributed by atoms with E-state index in [2.05, 4.69) is 10.3 Å². The van der Waals surface area contributed by atoms with Gasteiger partial charge < -0.3 is 5.32 Å². The lowest BCUT2D eigenvalue weighted by Gasteiger charge is -2.26. The second-order valence-electron chi connectivity index (χ2n) is 3.22. The molecule has 1 aromatic rings. The Balaban J connectivity index is 2.02. The van der Waals surface area contributed by atoms with Crippen LogP contribution < -0.4 is 5.32 Å². The molecule has 1 aliphatic heterocycles. The topological polar surface area (TPSA) is 24.9 Å². The van der Waals surface area contributed by atoms with Crippen molar-refractivity contribution in [3.8, 4) is 0 Å². The lowest BCUT2D eigenvalue weighted by Crippen LogP contribution is -2.43. The number of aromatic nitrogens is 1. The van der Waals surface area contributed by atoms with Gasteiger partial charge in [0.05, 0.1) is 0 Å². The molecule has 3 heteroatoms. The third kappa shape index (κ3) is 1.76. The molecule has 0 unspecified atom stereocenters. The molecule has 0 radical (unpaired) electrons. The summed E-state index contributed by atoms with van der Waals surface area (Å²) < 4.78 is 0. The first-order chi connectivity index (χ1) is 5.84. The first-order valence-electron chi connectivity index (χ1n) is 4.16. The average Bonchev–Trinajstić information content (AvgIpc) is 1.97. The number of nitrogens with one attached hydrogen (secondary N) is 1. The van der Waals surface area contributed by atoms with Crippen molar-refractivity contribution in [2.24, 2.45) is 5.92 Å². The van der Waals surface area contributed by atoms with Crippen molar-refractivity contribution in [2.45, 2.75) is 6.42 Å². The summed E-state index contributed by atoms with van der Waals surface area (Å²) in [6.45, 7) is 2.28. The molecule has 0 amide bonds. The van der Waals surface area contributed by atoms with E-state index < -0.39 is 0 Å². The monoisotopic (exact) mass is 182 g/mol. The number of nitrogens with zero attached hydrogens (tertiary/aromatic N) is 1. The minimum absolute atomic E-state index is 0.597. The molecule has 0 atom stereocenters. The molecule has 0 aliphatic carbocycles. The zero-order chi connectivity index (χ0) is 8.39. The highest BCUT2D eigenvalue weighted by Gasteiger charge is 2.16. The molecule has 12 heavy (non-hydrogen) atoms. The Hall–Kier alpha value is -0.600. The lowest BCUT2D eigenvalue weighted by molar-refractivity contribution is 0.346. The smallest absolute Gasteiger partial charge is 0.129 e. The largest absolute Gasteiger partial charge is 0.316 e. The van der Waals surface area contributed by atoms with Gasteiger partial charge in [-0.1, -0.05) is 11.6 Å². The summed E-state index contributed by atoms with van der Waals surface area (Å²) >= 11 is 5.76. The van der Waals surface area contributed by atoms with Crippen LogP contribution in [-0.4, -0.2) is 18.1 Å². The standard InChI is InChI=1S/C9H11ClN2/c10-9-4-7(1-2-12-9)3-8-5-11-6-8/h1-2,4,8,11H,3,5-6H2. The van der Waals surface area contributed by atoms with Crippen molar-refractivity contribution in [2.75, 3.05) is 13.1 Å². The van der Waals surface area contributed by atoms with Gasteiger partial charge in [0.1, 0.15) is 5.15 Å². The fraction of sp³-hybridized carbons (Fsp3) is 0.444. The van der Waals surface area contributed by atoms with Gasteiger partial charge in [0.15, 0.2) is 0 Å². The van der Waals surface area contributed by atoms with Crippen molar-refractivity contribution in [1.82, 2.24) is 10.3 Å². The predicted octanol–water partition coefficient (Wildman–Crippen LogP) is 1.50. The second-order valence-corrected chi connectivity index (χ2v) is 3.60. The summed E-state index contributed by atoms with van der Waals surface area (Å²) in [5, 5.41) is 3.84. The summed E-state index contributed by atoms with van der Waals surface area (Å²) in [6.07, 6.45) is 2.89. The Kier molecular flexibility index (Phi) is 2.28. The van der Waals surface area contributed by atoms with Crippen LogP contribution in [-0.2, 0) is 6.42 Å². The zero-order valence-corrected chi connectivity index (χ0v) is 7.51. The van der Waals surface area contributed by atoms with Gasteiger partial charge >= 0.3 is 0 Å². The highest BCUT2D eigenvalue weighted by atomic mass is 35.5. The molecule has 0 saturated carbocycles. The van der Waals surface area contributed by atoms with Crippen LogP contribution in [0.2, 0.25) is 5.15 Å². The van der Waals surface area contributed by atoms with Gasteiger partial charge in [0.25, 0.3) is 0 Å². The number of halogens is 1. The van der Waals surface area contributed by atoms with E-state index in [0.29, 0.717) is 5.15 Å². The lowest BCUT2D eigenvalue weighted by atomic mass is 9.95. The van der Waals surface area contributed by atoms with Crippen molar-refractivity contribution in [3.05, 3.63) is 29.0 Å². The Labute approximate surface area is 77.0 Å². The van der Waals surface area contributed by atoms with Crippen LogP contribution >= 0.6 is 11.6 Å². The van der Waals surface area contributed by atoms with Crippen LogP contribution in [0.5, 0.6) is 0 Å². The molecule has 64 valence electrons. The molecule has 0 spiro atoms. The summed E-state index contributed by atoms with van der Waals surface area (Å²) in [7, 11) is 0. The third-order valence-electron chi connectivity index (χ3n) is 2.18. The van der Waals surface area contributed by atoms with E-state index in [1.807, 2.05) is 12.1 Å². The molecule has 1 aromatic heterocycles. The summed E-state index contributed by atoms with van der Waals surface area (Å²) in [5.41, 5.74) is 1.29. The van der Waals surface area contributed by atoms with Crippen molar-refractivity contribution >= 4 is 11.6 Å². The molecular formula is C9H11ClN2. The number of hydrogen-bond donors (Lipinski definition) is 1. The van der Waals surface area contributed by atoms with Crippen LogP contribution in [0.15, 0.2) is 18.3 Å². The van der Waals surface area contributed by atoms with E-state index in [9.17, 15) is 0 Å². The van der Waals surface area contributed by atoms with E-state index in [-0.39, 0.29) is 0 Å². The van der Waals surface area contributed by atoms with Gasteiger partial charge in [0.2, 0.25) is 0 Å². The van der Waals surface area contributed by atoms with Gasteiger partial charge in [-0.3, -0.25) is 0 Å². The number of pyridine rings is 1. The average molecular weight is 183 g/mol. The Morgan fingerprint density at radius 3 is 3.00 bits per heavy atom. The quantitative estimate of drug-likeness (QED) is 0.702. The Bertz CT molecular complexity index is 271. The van der Waals surface area contributed by atoms with Gasteiger partial charge in [-0.25, -0.2) is 4.98 Å². The van der Waals surface area contributed by atoms with Crippen LogP contribution in [0.3, 0.4) is 0 Å². The summed E-state index contributed by atoms with van der Waals surface area (Å²) in [6, 6.07) is 3.98. The van der Waals surface area contributed by atoms with E-state index >= 15 is 0 Å². The first-order valence-corrected chi connectivity index (χ1v) is 4.53. The van der Waals surface area contributed by atoms with E-state index in [1.165, 1.54) is 5.56 Å². The molecule has 1 N–H and O–H groups in total. The molecule has 1 fully saturated rings. The summed E-state index contributed by atoms with van der Waals surface area (Å²) in [5.74, 6) is 0.795. The third-order valence-corrected chi connectivity index (χ3v) is 2.39. The predicted molar refractivity (Wildman–Crippen MR) is 49.3 cm³/mol. The molecule has 0 aromatic carbocycles. The minimum atomic E-state index is 0.597. The zero-order valence-electron chi connectivity index (χ0n) is 6.76. The van der Waals surface area contributed by atoms with Crippen molar-refractivity contribution < 1.29 is 0 Å². The van der Waals surface area contributed by atoms with Crippen molar-refractivity contribution in [3.63, 3.8) is 0 Å². The second kappa shape index (κ2) is 3.42. The molecule has 0 bridgehead atoms. The van der Waals surface area contributed by atoms with E-state index in [4.69, 9.17) is 11.6 Å². The fourth-order valence-electron chi connectivity index (χ4n) is 1.40. The Morgan fingerprint density at radius 2 is 2.42 bits per heavy atom. The van der Waals surface area contributed by atoms with Crippen molar-refractivity contribution in [1.29, 1.82) is 0 Å². The normalized spacial score (nSPS) is 17.4. The molecule has 1 aliphatic rings. The maximum Gasteiger partial charge on any atom is 0.129 e. The molecule has 2 rings (SSSR count). The molecule has 1 saturated heterocycles.